The van der Waals surface area contributed by atoms with E-state index >= 15 is 0 Å². The first kappa shape index (κ1) is 14.1. The van der Waals surface area contributed by atoms with Gasteiger partial charge < -0.3 is 4.74 Å². The van der Waals surface area contributed by atoms with Crippen LogP contribution in [0.15, 0.2) is 12.1 Å². The Morgan fingerprint density at radius 3 is 2.32 bits per heavy atom. The molecule has 1 heterocycles. The van der Waals surface area contributed by atoms with Crippen molar-refractivity contribution in [2.24, 2.45) is 0 Å². The maximum Gasteiger partial charge on any atom is 0.160 e. The third-order valence-electron chi connectivity index (χ3n) is 4.30. The first-order valence-corrected chi connectivity index (χ1v) is 6.92. The SMILES string of the molecule is CC(=O)c1ccc(C(C)(C)C)c2c1C(C)(C)C(C)O2. The standard InChI is InChI=1S/C17H24O2/c1-10(18)12-8-9-13(16(3,4)5)15-14(12)17(6,7)11(2)19-15/h8-9,11H,1-7H3. The summed E-state index contributed by atoms with van der Waals surface area (Å²) in [4.78, 5) is 11.9. The molecule has 0 amide bonds. The van der Waals surface area contributed by atoms with Gasteiger partial charge >= 0.3 is 0 Å². The van der Waals surface area contributed by atoms with Crippen molar-refractivity contribution in [1.29, 1.82) is 0 Å². The Kier molecular flexibility index (Phi) is 3.04. The fraction of sp³-hybridized carbons (Fsp3) is 0.588. The molecule has 1 aromatic carbocycles. The number of carbonyl (C=O) groups excluding carboxylic acids is 1. The largest absolute Gasteiger partial charge is 0.489 e. The van der Waals surface area contributed by atoms with Crippen molar-refractivity contribution in [3.05, 3.63) is 28.8 Å². The highest BCUT2D eigenvalue weighted by Gasteiger charge is 2.43. The van der Waals surface area contributed by atoms with E-state index in [0.717, 1.165) is 16.9 Å². The van der Waals surface area contributed by atoms with Gasteiger partial charge in [-0.15, -0.1) is 0 Å². The second kappa shape index (κ2) is 4.09. The van der Waals surface area contributed by atoms with Crippen molar-refractivity contribution in [2.45, 2.75) is 65.4 Å². The molecule has 0 radical (unpaired) electrons. The Balaban J connectivity index is 2.78. The van der Waals surface area contributed by atoms with Gasteiger partial charge in [-0.3, -0.25) is 4.79 Å². The van der Waals surface area contributed by atoms with Gasteiger partial charge in [0, 0.05) is 16.5 Å². The highest BCUT2D eigenvalue weighted by molar-refractivity contribution is 5.97. The Hall–Kier alpha value is -1.31. The van der Waals surface area contributed by atoms with E-state index in [-0.39, 0.29) is 22.7 Å². The van der Waals surface area contributed by atoms with Gasteiger partial charge in [0.1, 0.15) is 11.9 Å². The summed E-state index contributed by atoms with van der Waals surface area (Å²) in [5, 5.41) is 0. The first-order valence-electron chi connectivity index (χ1n) is 6.92. The first-order chi connectivity index (χ1) is 8.56. The van der Waals surface area contributed by atoms with E-state index in [1.807, 2.05) is 12.1 Å². The Labute approximate surface area is 116 Å². The number of hydrogen-bond donors (Lipinski definition) is 0. The van der Waals surface area contributed by atoms with Gasteiger partial charge in [0.2, 0.25) is 0 Å². The third-order valence-corrected chi connectivity index (χ3v) is 4.30. The number of ether oxygens (including phenoxy) is 1. The molecule has 2 rings (SSSR count). The van der Waals surface area contributed by atoms with Crippen LogP contribution < -0.4 is 4.74 Å². The number of hydrogen-bond acceptors (Lipinski definition) is 2. The summed E-state index contributed by atoms with van der Waals surface area (Å²) in [5.41, 5.74) is 2.96. The van der Waals surface area contributed by atoms with Crippen molar-refractivity contribution in [1.82, 2.24) is 0 Å². The molecular weight excluding hydrogens is 236 g/mol. The number of ketones is 1. The zero-order chi connectivity index (χ0) is 14.6. The summed E-state index contributed by atoms with van der Waals surface area (Å²) in [5.74, 6) is 1.04. The highest BCUT2D eigenvalue weighted by Crippen LogP contribution is 2.49. The molecule has 0 spiro atoms. The highest BCUT2D eigenvalue weighted by atomic mass is 16.5. The predicted octanol–water partition coefficient (Wildman–Crippen LogP) is 4.25. The van der Waals surface area contributed by atoms with E-state index < -0.39 is 0 Å². The molecule has 0 saturated heterocycles. The molecule has 0 bridgehead atoms. The van der Waals surface area contributed by atoms with E-state index in [0.29, 0.717) is 0 Å². The van der Waals surface area contributed by atoms with E-state index in [1.165, 1.54) is 5.56 Å². The quantitative estimate of drug-likeness (QED) is 0.706. The molecule has 0 N–H and O–H groups in total. The lowest BCUT2D eigenvalue weighted by atomic mass is 9.75. The zero-order valence-electron chi connectivity index (χ0n) is 13.0. The number of Topliss-reactive ketones (excluding diaryl/α,β-unsaturated/α-hetero) is 1. The topological polar surface area (TPSA) is 26.3 Å². The average Bonchev–Trinajstić information content (AvgIpc) is 2.48. The lowest BCUT2D eigenvalue weighted by Crippen LogP contribution is -2.30. The number of carbonyl (C=O) groups is 1. The van der Waals surface area contributed by atoms with Gasteiger partial charge in [-0.05, 0) is 24.8 Å². The normalized spacial score (nSPS) is 20.9. The monoisotopic (exact) mass is 260 g/mol. The van der Waals surface area contributed by atoms with Gasteiger partial charge in [-0.1, -0.05) is 46.8 Å². The molecular formula is C17H24O2. The zero-order valence-corrected chi connectivity index (χ0v) is 13.0. The molecule has 1 unspecified atom stereocenters. The van der Waals surface area contributed by atoms with Crippen LogP contribution in [0.4, 0.5) is 0 Å². The van der Waals surface area contributed by atoms with Crippen LogP contribution in [0.3, 0.4) is 0 Å². The maximum absolute atomic E-state index is 11.9. The second-order valence-corrected chi connectivity index (χ2v) is 7.15. The van der Waals surface area contributed by atoms with Crippen LogP contribution in [-0.4, -0.2) is 11.9 Å². The molecule has 0 aromatic heterocycles. The lowest BCUT2D eigenvalue weighted by Gasteiger charge is -2.25. The minimum Gasteiger partial charge on any atom is -0.489 e. The number of benzene rings is 1. The molecule has 104 valence electrons. The Morgan fingerprint density at radius 2 is 1.84 bits per heavy atom. The van der Waals surface area contributed by atoms with Crippen molar-refractivity contribution < 1.29 is 9.53 Å². The van der Waals surface area contributed by atoms with E-state index in [4.69, 9.17) is 4.74 Å². The maximum atomic E-state index is 11.9. The molecule has 2 nitrogen and oxygen atoms in total. The van der Waals surface area contributed by atoms with Crippen LogP contribution in [0.25, 0.3) is 0 Å². The summed E-state index contributed by atoms with van der Waals surface area (Å²) in [6.07, 6.45) is 0.0871. The van der Waals surface area contributed by atoms with Crippen LogP contribution in [0.2, 0.25) is 0 Å². The molecule has 2 heteroatoms. The molecule has 1 aliphatic rings. The number of fused-ring (bicyclic) bond motifs is 1. The molecule has 1 atom stereocenters. The van der Waals surface area contributed by atoms with Crippen LogP contribution in [-0.2, 0) is 10.8 Å². The van der Waals surface area contributed by atoms with E-state index in [9.17, 15) is 4.79 Å². The summed E-state index contributed by atoms with van der Waals surface area (Å²) in [6.45, 7) is 14.5. The molecule has 19 heavy (non-hydrogen) atoms. The third kappa shape index (κ3) is 2.07. The van der Waals surface area contributed by atoms with Gasteiger partial charge in [0.15, 0.2) is 5.78 Å². The Morgan fingerprint density at radius 1 is 1.26 bits per heavy atom. The summed E-state index contributed by atoms with van der Waals surface area (Å²) in [6, 6.07) is 4.01. The summed E-state index contributed by atoms with van der Waals surface area (Å²) >= 11 is 0. The van der Waals surface area contributed by atoms with Crippen molar-refractivity contribution in [3.8, 4) is 5.75 Å². The van der Waals surface area contributed by atoms with Crippen molar-refractivity contribution in [3.63, 3.8) is 0 Å². The molecule has 0 aliphatic carbocycles. The van der Waals surface area contributed by atoms with Gasteiger partial charge in [-0.2, -0.15) is 0 Å². The smallest absolute Gasteiger partial charge is 0.160 e. The fourth-order valence-electron chi connectivity index (χ4n) is 2.76. The van der Waals surface area contributed by atoms with Gasteiger partial charge in [0.05, 0.1) is 0 Å². The van der Waals surface area contributed by atoms with Crippen LogP contribution in [0.1, 0.15) is 70.0 Å². The molecule has 0 fully saturated rings. The molecule has 1 aliphatic heterocycles. The van der Waals surface area contributed by atoms with Crippen LogP contribution in [0.5, 0.6) is 5.75 Å². The van der Waals surface area contributed by atoms with E-state index in [2.05, 4.69) is 41.5 Å². The summed E-state index contributed by atoms with van der Waals surface area (Å²) in [7, 11) is 0. The second-order valence-electron chi connectivity index (χ2n) is 7.15. The van der Waals surface area contributed by atoms with Gasteiger partial charge in [0.25, 0.3) is 0 Å². The lowest BCUT2D eigenvalue weighted by molar-refractivity contribution is 0.101. The van der Waals surface area contributed by atoms with Gasteiger partial charge in [-0.25, -0.2) is 0 Å². The minimum atomic E-state index is -0.127. The minimum absolute atomic E-state index is 0.0134. The fourth-order valence-corrected chi connectivity index (χ4v) is 2.76. The van der Waals surface area contributed by atoms with Crippen molar-refractivity contribution >= 4 is 5.78 Å². The summed E-state index contributed by atoms with van der Waals surface area (Å²) < 4.78 is 6.12. The van der Waals surface area contributed by atoms with E-state index in [1.54, 1.807) is 6.92 Å². The molecule has 1 aromatic rings. The Bertz CT molecular complexity index is 533. The predicted molar refractivity (Wildman–Crippen MR) is 78.3 cm³/mol. The molecule has 0 saturated carbocycles. The number of rotatable bonds is 1. The average molecular weight is 260 g/mol. The van der Waals surface area contributed by atoms with Crippen LogP contribution >= 0.6 is 0 Å². The van der Waals surface area contributed by atoms with Crippen LogP contribution in [0, 0.1) is 0 Å². The van der Waals surface area contributed by atoms with Crippen molar-refractivity contribution in [2.75, 3.05) is 0 Å².